The molecule has 0 aliphatic rings. The van der Waals surface area contributed by atoms with E-state index >= 15 is 0 Å². The fraction of sp³-hybridized carbons (Fsp3) is 0.538. The molecule has 5 heteroatoms. The Balaban J connectivity index is 2.88. The van der Waals surface area contributed by atoms with Crippen LogP contribution in [0.4, 0.5) is 5.69 Å². The van der Waals surface area contributed by atoms with E-state index in [1.165, 1.54) is 6.07 Å². The zero-order valence-corrected chi connectivity index (χ0v) is 11.9. The van der Waals surface area contributed by atoms with Crippen molar-refractivity contribution < 1.29 is 9.66 Å². The molecule has 0 radical (unpaired) electrons. The minimum absolute atomic E-state index is 0.106. The first-order chi connectivity index (χ1) is 8.49. The van der Waals surface area contributed by atoms with Gasteiger partial charge in [0.25, 0.3) is 5.69 Å². The van der Waals surface area contributed by atoms with Crippen LogP contribution >= 0.6 is 12.6 Å². The SMILES string of the molecule is CCC(CS)COc1cc([N+](=O)[O-])c(C)cc1C. The summed E-state index contributed by atoms with van der Waals surface area (Å²) in [4.78, 5) is 10.5. The lowest BCUT2D eigenvalue weighted by atomic mass is 10.1. The number of nitro groups is 1. The monoisotopic (exact) mass is 269 g/mol. The van der Waals surface area contributed by atoms with Crippen LogP contribution in [0.5, 0.6) is 5.75 Å². The molecule has 1 aromatic carbocycles. The van der Waals surface area contributed by atoms with E-state index in [4.69, 9.17) is 4.74 Å². The molecule has 0 spiro atoms. The number of rotatable bonds is 6. The lowest BCUT2D eigenvalue weighted by Crippen LogP contribution is -2.13. The van der Waals surface area contributed by atoms with Gasteiger partial charge in [-0.05, 0) is 37.7 Å². The fourth-order valence-electron chi connectivity index (χ4n) is 1.68. The summed E-state index contributed by atoms with van der Waals surface area (Å²) in [5.41, 5.74) is 1.69. The van der Waals surface area contributed by atoms with E-state index in [9.17, 15) is 10.1 Å². The number of hydrogen-bond donors (Lipinski definition) is 1. The number of aryl methyl sites for hydroxylation is 2. The van der Waals surface area contributed by atoms with Crippen molar-refractivity contribution in [2.75, 3.05) is 12.4 Å². The molecule has 0 bridgehead atoms. The first-order valence-corrected chi connectivity index (χ1v) is 6.62. The van der Waals surface area contributed by atoms with Crippen LogP contribution in [0.3, 0.4) is 0 Å². The summed E-state index contributed by atoms with van der Waals surface area (Å²) in [6.45, 7) is 6.25. The van der Waals surface area contributed by atoms with Gasteiger partial charge in [-0.1, -0.05) is 6.92 Å². The zero-order valence-electron chi connectivity index (χ0n) is 11.0. The van der Waals surface area contributed by atoms with Gasteiger partial charge >= 0.3 is 0 Å². The van der Waals surface area contributed by atoms with Gasteiger partial charge in [-0.2, -0.15) is 12.6 Å². The third-order valence-electron chi connectivity index (χ3n) is 3.00. The van der Waals surface area contributed by atoms with Crippen molar-refractivity contribution in [3.63, 3.8) is 0 Å². The molecule has 0 saturated heterocycles. The van der Waals surface area contributed by atoms with Crippen LogP contribution < -0.4 is 4.74 Å². The molecule has 0 fully saturated rings. The lowest BCUT2D eigenvalue weighted by molar-refractivity contribution is -0.385. The Morgan fingerprint density at radius 2 is 2.06 bits per heavy atom. The van der Waals surface area contributed by atoms with Crippen molar-refractivity contribution in [3.8, 4) is 5.75 Å². The molecule has 0 aliphatic heterocycles. The maximum absolute atomic E-state index is 10.9. The molecule has 1 rings (SSSR count). The number of nitro benzene ring substituents is 1. The van der Waals surface area contributed by atoms with E-state index in [0.29, 0.717) is 23.8 Å². The van der Waals surface area contributed by atoms with Gasteiger partial charge in [-0.15, -0.1) is 0 Å². The number of thiol groups is 1. The molecule has 100 valence electrons. The second kappa shape index (κ2) is 6.64. The number of nitrogens with zero attached hydrogens (tertiary/aromatic N) is 1. The van der Waals surface area contributed by atoms with Crippen molar-refractivity contribution >= 4 is 18.3 Å². The predicted octanol–water partition coefficient (Wildman–Crippen LogP) is 3.55. The normalized spacial score (nSPS) is 12.2. The second-order valence-electron chi connectivity index (χ2n) is 4.43. The molecule has 1 atom stereocenters. The van der Waals surface area contributed by atoms with Crippen molar-refractivity contribution in [1.29, 1.82) is 0 Å². The number of ether oxygens (including phenoxy) is 1. The Bertz CT molecular complexity index is 430. The maximum atomic E-state index is 10.9. The number of benzene rings is 1. The highest BCUT2D eigenvalue weighted by Crippen LogP contribution is 2.28. The number of hydrogen-bond acceptors (Lipinski definition) is 4. The van der Waals surface area contributed by atoms with Crippen molar-refractivity contribution in [2.45, 2.75) is 27.2 Å². The molecule has 18 heavy (non-hydrogen) atoms. The molecule has 0 aromatic heterocycles. The summed E-state index contributed by atoms with van der Waals surface area (Å²) >= 11 is 4.25. The van der Waals surface area contributed by atoms with Crippen molar-refractivity contribution in [3.05, 3.63) is 33.4 Å². The third kappa shape index (κ3) is 3.63. The Morgan fingerprint density at radius 3 is 2.56 bits per heavy atom. The van der Waals surface area contributed by atoms with Gasteiger partial charge in [0.1, 0.15) is 5.75 Å². The van der Waals surface area contributed by atoms with Crippen LogP contribution in [0, 0.1) is 29.9 Å². The minimum atomic E-state index is -0.377. The quantitative estimate of drug-likeness (QED) is 0.488. The summed E-state index contributed by atoms with van der Waals surface area (Å²) < 4.78 is 5.67. The minimum Gasteiger partial charge on any atom is -0.493 e. The highest BCUT2D eigenvalue weighted by Gasteiger charge is 2.15. The molecule has 0 amide bonds. The standard InChI is InChI=1S/C13H19NO3S/c1-4-11(8-18)7-17-13-6-12(14(15)16)9(2)5-10(13)3/h5-6,11,18H,4,7-8H2,1-3H3. The van der Waals surface area contributed by atoms with E-state index in [-0.39, 0.29) is 10.6 Å². The fourth-order valence-corrected chi connectivity index (χ4v) is 2.04. The Kier molecular flexibility index (Phi) is 5.47. The van der Waals surface area contributed by atoms with Crippen LogP contribution in [0.1, 0.15) is 24.5 Å². The lowest BCUT2D eigenvalue weighted by Gasteiger charge is -2.15. The van der Waals surface area contributed by atoms with Gasteiger partial charge in [-0.25, -0.2) is 0 Å². The highest BCUT2D eigenvalue weighted by molar-refractivity contribution is 7.80. The largest absolute Gasteiger partial charge is 0.493 e. The van der Waals surface area contributed by atoms with Crippen LogP contribution in [0.2, 0.25) is 0 Å². The summed E-state index contributed by atoms with van der Waals surface area (Å²) in [5, 5.41) is 10.9. The molecule has 0 heterocycles. The zero-order chi connectivity index (χ0) is 13.7. The molecule has 1 unspecified atom stereocenters. The van der Waals surface area contributed by atoms with E-state index in [2.05, 4.69) is 19.6 Å². The molecule has 0 N–H and O–H groups in total. The van der Waals surface area contributed by atoms with Crippen LogP contribution in [-0.2, 0) is 0 Å². The van der Waals surface area contributed by atoms with Gasteiger partial charge < -0.3 is 4.74 Å². The van der Waals surface area contributed by atoms with E-state index in [1.807, 2.05) is 6.92 Å². The molecule has 1 aromatic rings. The van der Waals surface area contributed by atoms with Gasteiger partial charge in [-0.3, -0.25) is 10.1 Å². The van der Waals surface area contributed by atoms with Gasteiger partial charge in [0.15, 0.2) is 0 Å². The molecule has 0 saturated carbocycles. The first-order valence-electron chi connectivity index (χ1n) is 5.98. The van der Waals surface area contributed by atoms with Crippen LogP contribution in [0.15, 0.2) is 12.1 Å². The third-order valence-corrected chi connectivity index (χ3v) is 3.52. The van der Waals surface area contributed by atoms with E-state index in [1.54, 1.807) is 13.0 Å². The molecular weight excluding hydrogens is 250 g/mol. The van der Waals surface area contributed by atoms with Crippen LogP contribution in [0.25, 0.3) is 0 Å². The summed E-state index contributed by atoms with van der Waals surface area (Å²) in [6.07, 6.45) is 0.983. The first kappa shape index (κ1) is 14.8. The van der Waals surface area contributed by atoms with E-state index < -0.39 is 0 Å². The average molecular weight is 269 g/mol. The smallest absolute Gasteiger partial charge is 0.276 e. The molecule has 0 aliphatic carbocycles. The topological polar surface area (TPSA) is 52.4 Å². The summed E-state index contributed by atoms with van der Waals surface area (Å²) in [6, 6.07) is 3.30. The molecule has 4 nitrogen and oxygen atoms in total. The van der Waals surface area contributed by atoms with Crippen LogP contribution in [-0.4, -0.2) is 17.3 Å². The Labute approximate surface area is 113 Å². The molecular formula is C13H19NO3S. The highest BCUT2D eigenvalue weighted by atomic mass is 32.1. The van der Waals surface area contributed by atoms with Gasteiger partial charge in [0, 0.05) is 11.5 Å². The second-order valence-corrected chi connectivity index (χ2v) is 4.79. The van der Waals surface area contributed by atoms with E-state index in [0.717, 1.165) is 17.7 Å². The van der Waals surface area contributed by atoms with Gasteiger partial charge in [0.05, 0.1) is 17.6 Å². The van der Waals surface area contributed by atoms with Crippen molar-refractivity contribution in [1.82, 2.24) is 0 Å². The summed E-state index contributed by atoms with van der Waals surface area (Å²) in [5.74, 6) is 1.71. The van der Waals surface area contributed by atoms with Crippen molar-refractivity contribution in [2.24, 2.45) is 5.92 Å². The predicted molar refractivity (Wildman–Crippen MR) is 75.7 cm³/mol. The van der Waals surface area contributed by atoms with Gasteiger partial charge in [0.2, 0.25) is 0 Å². The Hall–Kier alpha value is -1.23. The summed E-state index contributed by atoms with van der Waals surface area (Å²) in [7, 11) is 0. The average Bonchev–Trinajstić information content (AvgIpc) is 2.32. The maximum Gasteiger partial charge on any atom is 0.276 e. The Morgan fingerprint density at radius 1 is 1.39 bits per heavy atom.